The lowest BCUT2D eigenvalue weighted by Gasteiger charge is -2.29. The number of methoxy groups -OCH3 is 1. The van der Waals surface area contributed by atoms with Gasteiger partial charge in [0, 0.05) is 0 Å². The van der Waals surface area contributed by atoms with E-state index in [0.717, 1.165) is 5.56 Å². The van der Waals surface area contributed by atoms with Gasteiger partial charge >= 0.3 is 5.97 Å². The molecule has 0 aromatic heterocycles. The first-order chi connectivity index (χ1) is 8.73. The van der Waals surface area contributed by atoms with Crippen molar-refractivity contribution in [3.8, 4) is 0 Å². The van der Waals surface area contributed by atoms with Gasteiger partial charge in [-0.15, -0.1) is 0 Å². The monoisotopic (exact) mass is 263 g/mol. The molecule has 0 aliphatic rings. The number of rotatable bonds is 4. The molecule has 0 aliphatic carbocycles. The van der Waals surface area contributed by atoms with E-state index in [1.807, 2.05) is 14.0 Å². The lowest BCUT2D eigenvalue weighted by Crippen LogP contribution is -2.39. The second kappa shape index (κ2) is 5.74. The summed E-state index contributed by atoms with van der Waals surface area (Å²) in [6.07, 6.45) is 0.314. The maximum absolute atomic E-state index is 11.5. The first-order valence-electron chi connectivity index (χ1n) is 6.59. The van der Waals surface area contributed by atoms with Crippen LogP contribution in [0.4, 0.5) is 0 Å². The highest BCUT2D eigenvalue weighted by molar-refractivity contribution is 5.71. The molecule has 0 spiro atoms. The zero-order valence-electron chi connectivity index (χ0n) is 12.8. The van der Waals surface area contributed by atoms with Gasteiger partial charge in [-0.3, -0.25) is 4.79 Å². The number of carbonyl (C=O) groups excluding carboxylic acids is 1. The number of carbonyl (C=O) groups is 1. The maximum atomic E-state index is 11.5. The fourth-order valence-corrected chi connectivity index (χ4v) is 2.03. The summed E-state index contributed by atoms with van der Waals surface area (Å²) >= 11 is 0. The third-order valence-electron chi connectivity index (χ3n) is 3.67. The molecule has 3 nitrogen and oxygen atoms in total. The highest BCUT2D eigenvalue weighted by Gasteiger charge is 2.28. The SMILES string of the molecule is CNC(C)(CC(=O)OC)c1ccc(C(C)(C)C)cc1. The third kappa shape index (κ3) is 3.80. The van der Waals surface area contributed by atoms with Gasteiger partial charge in [0.25, 0.3) is 0 Å². The maximum Gasteiger partial charge on any atom is 0.307 e. The molecule has 0 fully saturated rings. The van der Waals surface area contributed by atoms with Crippen molar-refractivity contribution in [1.29, 1.82) is 0 Å². The van der Waals surface area contributed by atoms with Crippen molar-refractivity contribution in [3.63, 3.8) is 0 Å². The van der Waals surface area contributed by atoms with E-state index in [-0.39, 0.29) is 11.4 Å². The number of hydrogen-bond donors (Lipinski definition) is 1. The van der Waals surface area contributed by atoms with Crippen LogP contribution in [0.25, 0.3) is 0 Å². The zero-order valence-corrected chi connectivity index (χ0v) is 12.8. The smallest absolute Gasteiger partial charge is 0.307 e. The Morgan fingerprint density at radius 3 is 1.95 bits per heavy atom. The van der Waals surface area contributed by atoms with E-state index in [1.54, 1.807) is 0 Å². The summed E-state index contributed by atoms with van der Waals surface area (Å²) in [5.41, 5.74) is 2.11. The lowest BCUT2D eigenvalue weighted by molar-refractivity contribution is -0.142. The Morgan fingerprint density at radius 2 is 1.58 bits per heavy atom. The van der Waals surface area contributed by atoms with E-state index in [1.165, 1.54) is 12.7 Å². The number of nitrogens with one attached hydrogen (secondary N) is 1. The van der Waals surface area contributed by atoms with Gasteiger partial charge in [0.1, 0.15) is 0 Å². The Morgan fingerprint density at radius 1 is 1.11 bits per heavy atom. The minimum atomic E-state index is -0.399. The molecule has 0 aliphatic heterocycles. The summed E-state index contributed by atoms with van der Waals surface area (Å²) in [7, 11) is 3.28. The van der Waals surface area contributed by atoms with Crippen LogP contribution in [0.3, 0.4) is 0 Å². The van der Waals surface area contributed by atoms with Gasteiger partial charge in [-0.1, -0.05) is 45.0 Å². The Labute approximate surface area is 116 Å². The quantitative estimate of drug-likeness (QED) is 0.849. The van der Waals surface area contributed by atoms with Crippen molar-refractivity contribution in [2.75, 3.05) is 14.2 Å². The minimum absolute atomic E-state index is 0.136. The predicted molar refractivity (Wildman–Crippen MR) is 78.2 cm³/mol. The van der Waals surface area contributed by atoms with E-state index in [9.17, 15) is 4.79 Å². The average Bonchev–Trinajstić information content (AvgIpc) is 2.37. The molecule has 1 unspecified atom stereocenters. The van der Waals surface area contributed by atoms with E-state index in [0.29, 0.717) is 6.42 Å². The highest BCUT2D eigenvalue weighted by Crippen LogP contribution is 2.28. The summed E-state index contributed by atoms with van der Waals surface area (Å²) in [4.78, 5) is 11.5. The topological polar surface area (TPSA) is 38.3 Å². The summed E-state index contributed by atoms with van der Waals surface area (Å²) in [6.45, 7) is 8.57. The van der Waals surface area contributed by atoms with Crippen LogP contribution in [0.5, 0.6) is 0 Å². The third-order valence-corrected chi connectivity index (χ3v) is 3.67. The number of hydrogen-bond acceptors (Lipinski definition) is 3. The van der Waals surface area contributed by atoms with Crippen molar-refractivity contribution >= 4 is 5.97 Å². The molecular formula is C16H25NO2. The first kappa shape index (κ1) is 15.7. The van der Waals surface area contributed by atoms with Crippen molar-refractivity contribution in [2.24, 2.45) is 0 Å². The van der Waals surface area contributed by atoms with E-state index in [4.69, 9.17) is 4.74 Å². The Hall–Kier alpha value is -1.35. The molecule has 0 saturated heterocycles. The first-order valence-corrected chi connectivity index (χ1v) is 6.59. The van der Waals surface area contributed by atoms with Gasteiger partial charge in [-0.25, -0.2) is 0 Å². The van der Waals surface area contributed by atoms with Crippen LogP contribution in [-0.4, -0.2) is 20.1 Å². The fraction of sp³-hybridized carbons (Fsp3) is 0.562. The predicted octanol–water partition coefficient (Wildman–Crippen LogP) is 2.98. The summed E-state index contributed by atoms with van der Waals surface area (Å²) < 4.78 is 4.77. The van der Waals surface area contributed by atoms with Crippen LogP contribution < -0.4 is 5.32 Å². The van der Waals surface area contributed by atoms with Gasteiger partial charge < -0.3 is 10.1 Å². The van der Waals surface area contributed by atoms with E-state index >= 15 is 0 Å². The van der Waals surface area contributed by atoms with Crippen molar-refractivity contribution in [1.82, 2.24) is 5.32 Å². The molecule has 0 bridgehead atoms. The van der Waals surface area contributed by atoms with E-state index in [2.05, 4.69) is 50.4 Å². The van der Waals surface area contributed by atoms with Crippen LogP contribution in [-0.2, 0) is 20.5 Å². The second-order valence-electron chi connectivity index (χ2n) is 6.16. The summed E-state index contributed by atoms with van der Waals surface area (Å²) in [6, 6.07) is 8.42. The van der Waals surface area contributed by atoms with Gasteiger partial charge in [-0.05, 0) is 30.5 Å². The highest BCUT2D eigenvalue weighted by atomic mass is 16.5. The Bertz CT molecular complexity index is 431. The number of benzene rings is 1. The molecule has 0 saturated carbocycles. The minimum Gasteiger partial charge on any atom is -0.469 e. The molecule has 1 atom stereocenters. The average molecular weight is 263 g/mol. The molecule has 0 radical (unpaired) electrons. The van der Waals surface area contributed by atoms with Gasteiger partial charge in [0.05, 0.1) is 19.1 Å². The summed E-state index contributed by atoms with van der Waals surface area (Å²) in [5, 5.41) is 3.22. The second-order valence-corrected chi connectivity index (χ2v) is 6.16. The van der Waals surface area contributed by atoms with Gasteiger partial charge in [-0.2, -0.15) is 0 Å². The standard InChI is InChI=1S/C16H25NO2/c1-15(2,3)12-7-9-13(10-8-12)16(4,17-5)11-14(18)19-6/h7-10,17H,11H2,1-6H3. The van der Waals surface area contributed by atoms with Crippen LogP contribution in [0, 0.1) is 0 Å². The molecule has 1 aromatic rings. The molecule has 3 heteroatoms. The molecule has 1 N–H and O–H groups in total. The Balaban J connectivity index is 3.03. The van der Waals surface area contributed by atoms with Gasteiger partial charge in [0.15, 0.2) is 0 Å². The van der Waals surface area contributed by atoms with Crippen LogP contribution in [0.1, 0.15) is 45.2 Å². The lowest BCUT2D eigenvalue weighted by atomic mass is 9.83. The molecule has 0 heterocycles. The normalized spacial score (nSPS) is 14.8. The van der Waals surface area contributed by atoms with Crippen LogP contribution >= 0.6 is 0 Å². The summed E-state index contributed by atoms with van der Waals surface area (Å²) in [5.74, 6) is -0.211. The molecule has 1 rings (SSSR count). The van der Waals surface area contributed by atoms with Crippen LogP contribution in [0.15, 0.2) is 24.3 Å². The molecule has 1 aromatic carbocycles. The van der Waals surface area contributed by atoms with Crippen LogP contribution in [0.2, 0.25) is 0 Å². The molecular weight excluding hydrogens is 238 g/mol. The number of esters is 1. The largest absolute Gasteiger partial charge is 0.469 e. The van der Waals surface area contributed by atoms with Crippen molar-refractivity contribution < 1.29 is 9.53 Å². The zero-order chi connectivity index (χ0) is 14.7. The Kier molecular flexibility index (Phi) is 4.75. The van der Waals surface area contributed by atoms with Crippen molar-refractivity contribution in [3.05, 3.63) is 35.4 Å². The van der Waals surface area contributed by atoms with Crippen molar-refractivity contribution in [2.45, 2.75) is 45.1 Å². The molecule has 106 valence electrons. The fourth-order valence-electron chi connectivity index (χ4n) is 2.03. The number of ether oxygens (including phenoxy) is 1. The van der Waals surface area contributed by atoms with Gasteiger partial charge in [0.2, 0.25) is 0 Å². The van der Waals surface area contributed by atoms with E-state index < -0.39 is 5.54 Å². The molecule has 0 amide bonds. The molecule has 19 heavy (non-hydrogen) atoms.